The molecule has 144 valence electrons. The van der Waals surface area contributed by atoms with Gasteiger partial charge in [-0.1, -0.05) is 37.3 Å². The molecule has 0 aliphatic carbocycles. The van der Waals surface area contributed by atoms with E-state index in [9.17, 15) is 18.8 Å². The van der Waals surface area contributed by atoms with Crippen LogP contribution in [0.4, 0.5) is 9.18 Å². The van der Waals surface area contributed by atoms with E-state index in [0.29, 0.717) is 0 Å². The number of piperidine rings is 1. The van der Waals surface area contributed by atoms with Crippen molar-refractivity contribution >= 4 is 17.8 Å². The molecule has 2 amide bonds. The van der Waals surface area contributed by atoms with E-state index in [1.165, 1.54) is 4.90 Å². The Hall–Kier alpha value is -2.48. The highest BCUT2D eigenvalue weighted by Crippen LogP contribution is 2.41. The van der Waals surface area contributed by atoms with E-state index < -0.39 is 42.4 Å². The van der Waals surface area contributed by atoms with Gasteiger partial charge < -0.3 is 19.7 Å². The van der Waals surface area contributed by atoms with E-state index >= 15 is 0 Å². The van der Waals surface area contributed by atoms with Crippen molar-refractivity contribution in [2.45, 2.75) is 50.4 Å². The second kappa shape index (κ2) is 6.92. The number of nitrogens with zero attached hydrogens (tertiary/aromatic N) is 1. The molecule has 4 rings (SSSR count). The van der Waals surface area contributed by atoms with Crippen LogP contribution >= 0.6 is 0 Å². The topological polar surface area (TPSA) is 84.9 Å². The lowest BCUT2D eigenvalue weighted by atomic mass is 9.87. The maximum absolute atomic E-state index is 14.7. The van der Waals surface area contributed by atoms with Gasteiger partial charge in [0.05, 0.1) is 6.04 Å². The zero-order valence-corrected chi connectivity index (χ0v) is 14.8. The monoisotopic (exact) mass is 376 g/mol. The molecular formula is C19H21FN2O5. The highest BCUT2D eigenvalue weighted by Gasteiger charge is 2.62. The van der Waals surface area contributed by atoms with Crippen LogP contribution in [0.3, 0.4) is 0 Å². The van der Waals surface area contributed by atoms with Gasteiger partial charge in [0.25, 0.3) is 0 Å². The number of halogens is 1. The van der Waals surface area contributed by atoms with E-state index in [4.69, 9.17) is 9.47 Å². The van der Waals surface area contributed by atoms with E-state index in [0.717, 1.165) is 5.56 Å². The molecule has 3 aliphatic rings. The third-order valence-electron chi connectivity index (χ3n) is 5.57. The van der Waals surface area contributed by atoms with Crippen LogP contribution in [0.5, 0.6) is 0 Å². The number of amides is 2. The summed E-state index contributed by atoms with van der Waals surface area (Å²) in [6, 6.07) is 6.73. The normalized spacial score (nSPS) is 35.0. The molecule has 1 N–H and O–H groups in total. The second-order valence-corrected chi connectivity index (χ2v) is 7.34. The Morgan fingerprint density at radius 2 is 2.07 bits per heavy atom. The number of benzene rings is 1. The molecule has 8 heteroatoms. The number of carbonyl (C=O) groups is 3. The molecule has 0 bridgehead atoms. The number of rotatable bonds is 3. The molecule has 27 heavy (non-hydrogen) atoms. The number of ketones is 1. The van der Waals surface area contributed by atoms with Gasteiger partial charge in [-0.05, 0) is 17.9 Å². The number of fused-ring (bicyclic) bond motifs is 3. The van der Waals surface area contributed by atoms with Crippen LogP contribution in [0.2, 0.25) is 0 Å². The summed E-state index contributed by atoms with van der Waals surface area (Å²) in [5.41, 5.74) is 0.826. The maximum atomic E-state index is 14.7. The molecule has 0 aromatic heterocycles. The first kappa shape index (κ1) is 17.9. The van der Waals surface area contributed by atoms with Gasteiger partial charge in [-0.15, -0.1) is 0 Å². The van der Waals surface area contributed by atoms with E-state index in [2.05, 4.69) is 5.32 Å². The van der Waals surface area contributed by atoms with Gasteiger partial charge in [-0.2, -0.15) is 0 Å². The smallest absolute Gasteiger partial charge is 0.408 e. The van der Waals surface area contributed by atoms with Crippen LogP contribution in [0.25, 0.3) is 0 Å². The van der Waals surface area contributed by atoms with Crippen LogP contribution in [-0.2, 0) is 25.7 Å². The fourth-order valence-electron chi connectivity index (χ4n) is 4.34. The minimum Gasteiger partial charge on any atom is -0.445 e. The van der Waals surface area contributed by atoms with Crippen molar-refractivity contribution in [3.05, 3.63) is 35.9 Å². The predicted octanol–water partition coefficient (Wildman–Crippen LogP) is 1.21. The molecule has 6 atom stereocenters. The lowest BCUT2D eigenvalue weighted by Crippen LogP contribution is -2.61. The summed E-state index contributed by atoms with van der Waals surface area (Å²) in [4.78, 5) is 38.4. The third-order valence-corrected chi connectivity index (χ3v) is 5.57. The highest BCUT2D eigenvalue weighted by molar-refractivity contribution is 5.96. The maximum Gasteiger partial charge on any atom is 0.408 e. The summed E-state index contributed by atoms with van der Waals surface area (Å²) in [7, 11) is 0. The molecule has 0 radical (unpaired) electrons. The highest BCUT2D eigenvalue weighted by atomic mass is 19.1. The van der Waals surface area contributed by atoms with Gasteiger partial charge in [0, 0.05) is 0 Å². The summed E-state index contributed by atoms with van der Waals surface area (Å²) in [6.07, 6.45) is -2.73. The van der Waals surface area contributed by atoms with Crippen LogP contribution in [0, 0.1) is 5.92 Å². The molecule has 3 saturated heterocycles. The van der Waals surface area contributed by atoms with Crippen molar-refractivity contribution in [3.8, 4) is 0 Å². The first-order valence-electron chi connectivity index (χ1n) is 9.05. The minimum absolute atomic E-state index is 0.0824. The Morgan fingerprint density at radius 3 is 2.81 bits per heavy atom. The van der Waals surface area contributed by atoms with Gasteiger partial charge in [0.2, 0.25) is 5.91 Å². The summed E-state index contributed by atoms with van der Waals surface area (Å²) in [6.45, 7) is 1.71. The molecule has 1 aromatic rings. The summed E-state index contributed by atoms with van der Waals surface area (Å²) >= 11 is 0. The molecular weight excluding hydrogens is 355 g/mol. The van der Waals surface area contributed by atoms with Crippen molar-refractivity contribution in [1.82, 2.24) is 10.2 Å². The van der Waals surface area contributed by atoms with E-state index in [1.54, 1.807) is 0 Å². The molecule has 3 heterocycles. The number of hydrogen-bond donors (Lipinski definition) is 1. The Bertz CT molecular complexity index is 758. The molecule has 3 aliphatic heterocycles. The molecule has 2 unspecified atom stereocenters. The Balaban J connectivity index is 1.43. The van der Waals surface area contributed by atoms with Crippen molar-refractivity contribution in [1.29, 1.82) is 0 Å². The lowest BCUT2D eigenvalue weighted by Gasteiger charge is -2.41. The molecule has 3 fully saturated rings. The SMILES string of the molecule is CC1C[C@H](NC(=O)OCc2ccccc2)C(=O)N2C1[C@H](F)[C@H]1OCC(=O)[C@H]12. The number of ether oxygens (including phenoxy) is 2. The van der Waals surface area contributed by atoms with Gasteiger partial charge in [-0.3, -0.25) is 9.59 Å². The van der Waals surface area contributed by atoms with E-state index in [-0.39, 0.29) is 31.3 Å². The summed E-state index contributed by atoms with van der Waals surface area (Å²) < 4.78 is 25.2. The van der Waals surface area contributed by atoms with Crippen LogP contribution in [0.15, 0.2) is 30.3 Å². The standard InChI is InChI=1S/C19H21FN2O5/c1-10-7-12(21-19(25)27-8-11-5-3-2-4-6-11)18(24)22-15(10)14(20)17-16(22)13(23)9-26-17/h2-6,10,12,14-17H,7-9H2,1H3,(H,21,25)/t10?,12-,14-,15?,16+,17+/m0/s1. The largest absolute Gasteiger partial charge is 0.445 e. The number of alkyl carbamates (subject to hydrolysis) is 1. The Kier molecular flexibility index (Phi) is 4.59. The first-order chi connectivity index (χ1) is 13.0. The number of carbonyl (C=O) groups excluding carboxylic acids is 3. The minimum atomic E-state index is -1.40. The quantitative estimate of drug-likeness (QED) is 0.857. The molecule has 7 nitrogen and oxygen atoms in total. The first-order valence-corrected chi connectivity index (χ1v) is 9.05. The van der Waals surface area contributed by atoms with Gasteiger partial charge in [0.15, 0.2) is 5.78 Å². The van der Waals surface area contributed by atoms with Crippen LogP contribution < -0.4 is 5.32 Å². The van der Waals surface area contributed by atoms with Crippen LogP contribution in [0.1, 0.15) is 18.9 Å². The Morgan fingerprint density at radius 1 is 1.33 bits per heavy atom. The summed E-state index contributed by atoms with van der Waals surface area (Å²) in [5.74, 6) is -0.971. The fraction of sp³-hybridized carbons (Fsp3) is 0.526. The van der Waals surface area contributed by atoms with Gasteiger partial charge >= 0.3 is 6.09 Å². The number of alkyl halides is 1. The third kappa shape index (κ3) is 3.07. The van der Waals surface area contributed by atoms with Crippen molar-refractivity contribution in [2.75, 3.05) is 6.61 Å². The van der Waals surface area contributed by atoms with Gasteiger partial charge in [-0.25, -0.2) is 9.18 Å². The molecule has 0 saturated carbocycles. The van der Waals surface area contributed by atoms with Crippen molar-refractivity contribution in [3.63, 3.8) is 0 Å². The summed E-state index contributed by atoms with van der Waals surface area (Å²) in [5, 5.41) is 2.56. The molecule has 0 spiro atoms. The second-order valence-electron chi connectivity index (χ2n) is 7.34. The van der Waals surface area contributed by atoms with Gasteiger partial charge in [0.1, 0.15) is 37.6 Å². The fourth-order valence-corrected chi connectivity index (χ4v) is 4.34. The average Bonchev–Trinajstić information content (AvgIpc) is 3.18. The number of nitrogens with one attached hydrogen (secondary N) is 1. The molecule has 1 aromatic carbocycles. The Labute approximate surface area is 155 Å². The number of hydrogen-bond acceptors (Lipinski definition) is 5. The van der Waals surface area contributed by atoms with Crippen LogP contribution in [-0.4, -0.2) is 59.7 Å². The number of Topliss-reactive ketones (excluding diaryl/α,β-unsaturated/α-hetero) is 1. The van der Waals surface area contributed by atoms with Crippen molar-refractivity contribution < 1.29 is 28.2 Å². The zero-order chi connectivity index (χ0) is 19.1. The van der Waals surface area contributed by atoms with Crippen molar-refractivity contribution in [2.24, 2.45) is 5.92 Å². The average molecular weight is 376 g/mol. The predicted molar refractivity (Wildman–Crippen MR) is 91.4 cm³/mol. The van der Waals surface area contributed by atoms with E-state index in [1.807, 2.05) is 37.3 Å². The lowest BCUT2D eigenvalue weighted by molar-refractivity contribution is -0.145. The zero-order valence-electron chi connectivity index (χ0n) is 14.8.